The second-order valence-corrected chi connectivity index (χ2v) is 3.45. The van der Waals surface area contributed by atoms with Crippen LogP contribution in [0.2, 0.25) is 0 Å². The molecule has 0 fully saturated rings. The molecule has 1 unspecified atom stereocenters. The molecule has 0 saturated heterocycles. The largest absolute Gasteiger partial charge is 0.255 e. The number of hydrogen-bond donors (Lipinski definition) is 0. The Morgan fingerprint density at radius 2 is 2.33 bits per heavy atom. The van der Waals surface area contributed by atoms with E-state index in [9.17, 15) is 10.1 Å². The standard InChI is InChI=1S/C5H9BrN4O2/c1-4(2)9-5(6)8(3-7-9)10(11)12/h3-5H,1-2H3. The van der Waals surface area contributed by atoms with Crippen LogP contribution in [0.4, 0.5) is 0 Å². The van der Waals surface area contributed by atoms with Crippen LogP contribution in [0.3, 0.4) is 0 Å². The summed E-state index contributed by atoms with van der Waals surface area (Å²) in [7, 11) is 0. The molecule has 1 atom stereocenters. The Morgan fingerprint density at radius 3 is 2.58 bits per heavy atom. The average Bonchev–Trinajstić information content (AvgIpc) is 2.30. The third-order valence-corrected chi connectivity index (χ3v) is 2.30. The molecule has 0 bridgehead atoms. The van der Waals surface area contributed by atoms with Crippen LogP contribution in [0.1, 0.15) is 13.8 Å². The van der Waals surface area contributed by atoms with Crippen LogP contribution in [0.15, 0.2) is 5.10 Å². The molecule has 0 aromatic rings. The molecule has 68 valence electrons. The summed E-state index contributed by atoms with van der Waals surface area (Å²) in [6, 6.07) is 0.135. The van der Waals surface area contributed by atoms with Crippen molar-refractivity contribution in [2.45, 2.75) is 25.0 Å². The van der Waals surface area contributed by atoms with Crippen molar-refractivity contribution >= 4 is 22.3 Å². The Bertz CT molecular complexity index is 219. The molecule has 0 saturated carbocycles. The fourth-order valence-electron chi connectivity index (χ4n) is 0.843. The third kappa shape index (κ3) is 1.50. The van der Waals surface area contributed by atoms with Gasteiger partial charge in [0.2, 0.25) is 5.08 Å². The minimum atomic E-state index is -0.509. The van der Waals surface area contributed by atoms with E-state index in [4.69, 9.17) is 0 Å². The summed E-state index contributed by atoms with van der Waals surface area (Å²) < 4.78 is 0. The Balaban J connectivity index is 2.68. The van der Waals surface area contributed by atoms with Crippen LogP contribution < -0.4 is 0 Å². The van der Waals surface area contributed by atoms with Crippen molar-refractivity contribution in [1.29, 1.82) is 0 Å². The molecule has 7 heteroatoms. The summed E-state index contributed by atoms with van der Waals surface area (Å²) in [4.78, 5) is 10.4. The molecule has 12 heavy (non-hydrogen) atoms. The average molecular weight is 237 g/mol. The summed E-state index contributed by atoms with van der Waals surface area (Å²) in [5.74, 6) is 0. The summed E-state index contributed by atoms with van der Waals surface area (Å²) in [5, 5.41) is 15.7. The third-order valence-electron chi connectivity index (χ3n) is 1.46. The molecule has 0 aliphatic carbocycles. The van der Waals surface area contributed by atoms with Gasteiger partial charge in [-0.3, -0.25) is 5.01 Å². The van der Waals surface area contributed by atoms with Crippen molar-refractivity contribution in [3.63, 3.8) is 0 Å². The number of hydrazine groups is 1. The van der Waals surface area contributed by atoms with Crippen LogP contribution in [-0.2, 0) is 0 Å². The molecule has 1 heterocycles. The second-order valence-electron chi connectivity index (χ2n) is 2.63. The zero-order valence-electron chi connectivity index (χ0n) is 6.72. The van der Waals surface area contributed by atoms with E-state index in [2.05, 4.69) is 21.0 Å². The van der Waals surface area contributed by atoms with E-state index in [1.165, 1.54) is 6.34 Å². The first-order valence-electron chi connectivity index (χ1n) is 3.43. The summed E-state index contributed by atoms with van der Waals surface area (Å²) >= 11 is 3.16. The van der Waals surface area contributed by atoms with Crippen LogP contribution in [0.25, 0.3) is 0 Å². The molecule has 0 spiro atoms. The smallest absolute Gasteiger partial charge is 0.238 e. The highest BCUT2D eigenvalue weighted by Crippen LogP contribution is 2.20. The van der Waals surface area contributed by atoms with Crippen molar-refractivity contribution in [2.24, 2.45) is 5.10 Å². The Labute approximate surface area is 78.1 Å². The van der Waals surface area contributed by atoms with Crippen LogP contribution in [0, 0.1) is 10.1 Å². The van der Waals surface area contributed by atoms with Gasteiger partial charge >= 0.3 is 0 Å². The maximum atomic E-state index is 10.4. The van der Waals surface area contributed by atoms with Gasteiger partial charge < -0.3 is 0 Å². The van der Waals surface area contributed by atoms with Gasteiger partial charge in [0.05, 0.1) is 0 Å². The van der Waals surface area contributed by atoms with Crippen LogP contribution in [-0.4, -0.2) is 32.5 Å². The number of alkyl halides is 1. The predicted octanol–water partition coefficient (Wildman–Crippen LogP) is 0.826. The van der Waals surface area contributed by atoms with Gasteiger partial charge in [-0.25, -0.2) is 10.1 Å². The zero-order chi connectivity index (χ0) is 9.30. The lowest BCUT2D eigenvalue weighted by atomic mass is 10.4. The molecule has 1 rings (SSSR count). The lowest BCUT2D eigenvalue weighted by Crippen LogP contribution is -2.40. The van der Waals surface area contributed by atoms with Crippen molar-refractivity contribution < 1.29 is 5.03 Å². The Hall–Kier alpha value is -0.850. The quantitative estimate of drug-likeness (QED) is 0.309. The maximum Gasteiger partial charge on any atom is 0.238 e. The number of nitro groups is 1. The van der Waals surface area contributed by atoms with Gasteiger partial charge in [-0.05, 0) is 34.8 Å². The van der Waals surface area contributed by atoms with Gasteiger partial charge in [0, 0.05) is 6.04 Å². The van der Waals surface area contributed by atoms with Gasteiger partial charge in [0.1, 0.15) is 0 Å². The van der Waals surface area contributed by atoms with Gasteiger partial charge in [-0.1, -0.05) is 0 Å². The van der Waals surface area contributed by atoms with Gasteiger partial charge in [0.25, 0.3) is 0 Å². The first-order chi connectivity index (χ1) is 5.54. The van der Waals surface area contributed by atoms with E-state index in [0.717, 1.165) is 5.01 Å². The first kappa shape index (κ1) is 9.24. The highest BCUT2D eigenvalue weighted by molar-refractivity contribution is 9.09. The molecule has 0 aromatic heterocycles. The highest BCUT2D eigenvalue weighted by atomic mass is 79.9. The summed E-state index contributed by atoms with van der Waals surface area (Å²) in [6.45, 7) is 3.82. The zero-order valence-corrected chi connectivity index (χ0v) is 8.30. The summed E-state index contributed by atoms with van der Waals surface area (Å²) in [6.07, 6.45) is 1.19. The van der Waals surface area contributed by atoms with E-state index in [-0.39, 0.29) is 6.04 Å². The van der Waals surface area contributed by atoms with Crippen molar-refractivity contribution in [3.05, 3.63) is 10.1 Å². The molecule has 0 N–H and O–H groups in total. The minimum absolute atomic E-state index is 0.135. The Kier molecular flexibility index (Phi) is 2.51. The fourth-order valence-corrected chi connectivity index (χ4v) is 1.68. The van der Waals surface area contributed by atoms with Crippen molar-refractivity contribution in [3.8, 4) is 0 Å². The fraction of sp³-hybridized carbons (Fsp3) is 0.800. The topological polar surface area (TPSA) is 62.0 Å². The van der Waals surface area contributed by atoms with Crippen LogP contribution >= 0.6 is 15.9 Å². The second kappa shape index (κ2) is 3.26. The van der Waals surface area contributed by atoms with E-state index in [0.29, 0.717) is 0 Å². The predicted molar refractivity (Wildman–Crippen MR) is 47.0 cm³/mol. The number of halogens is 1. The molecule has 6 nitrogen and oxygen atoms in total. The SMILES string of the molecule is CC(C)N1N=CN([N+](=O)[O-])C1Br. The highest BCUT2D eigenvalue weighted by Gasteiger charge is 2.34. The van der Waals surface area contributed by atoms with Gasteiger partial charge in [0.15, 0.2) is 11.4 Å². The molecule has 0 aromatic carbocycles. The van der Waals surface area contributed by atoms with E-state index < -0.39 is 10.1 Å². The molecule has 0 amide bonds. The first-order valence-corrected chi connectivity index (χ1v) is 4.34. The lowest BCUT2D eigenvalue weighted by Gasteiger charge is -2.22. The lowest BCUT2D eigenvalue weighted by molar-refractivity contribution is -0.631. The number of nitrogens with zero attached hydrogens (tertiary/aromatic N) is 4. The molecular formula is C5H9BrN4O2. The number of hydrogen-bond acceptors (Lipinski definition) is 4. The number of rotatable bonds is 2. The van der Waals surface area contributed by atoms with Gasteiger partial charge in [-0.2, -0.15) is 5.10 Å². The van der Waals surface area contributed by atoms with Crippen molar-refractivity contribution in [1.82, 2.24) is 10.0 Å². The summed E-state index contributed by atoms with van der Waals surface area (Å²) in [5.41, 5.74) is 0. The van der Waals surface area contributed by atoms with E-state index in [1.807, 2.05) is 13.8 Å². The van der Waals surface area contributed by atoms with Crippen molar-refractivity contribution in [2.75, 3.05) is 0 Å². The normalized spacial score (nSPS) is 22.5. The molecule has 0 radical (unpaired) electrons. The molecular weight excluding hydrogens is 228 g/mol. The Morgan fingerprint density at radius 1 is 1.75 bits per heavy atom. The minimum Gasteiger partial charge on any atom is -0.255 e. The van der Waals surface area contributed by atoms with E-state index in [1.54, 1.807) is 5.01 Å². The molecule has 1 aliphatic rings. The monoisotopic (exact) mass is 236 g/mol. The maximum absolute atomic E-state index is 10.4. The van der Waals surface area contributed by atoms with Crippen LogP contribution in [0.5, 0.6) is 0 Å². The number of hydrazone groups is 1. The van der Waals surface area contributed by atoms with Gasteiger partial charge in [-0.15, -0.1) is 0 Å². The molecule has 1 aliphatic heterocycles. The van der Waals surface area contributed by atoms with E-state index >= 15 is 0 Å².